The van der Waals surface area contributed by atoms with Crippen molar-refractivity contribution in [2.24, 2.45) is 13.0 Å². The maximum absolute atomic E-state index is 14.7. The number of amides is 2. The lowest BCUT2D eigenvalue weighted by atomic mass is 9.91. The topological polar surface area (TPSA) is 135 Å². The molecule has 0 spiro atoms. The van der Waals surface area contributed by atoms with Gasteiger partial charge in [0.25, 0.3) is 0 Å². The molecule has 0 radical (unpaired) electrons. The number of hydrogen-bond acceptors (Lipinski definition) is 8. The summed E-state index contributed by atoms with van der Waals surface area (Å²) in [5.41, 5.74) is 1.73. The summed E-state index contributed by atoms with van der Waals surface area (Å²) >= 11 is 0. The number of alkyl carbamates (subject to hydrolysis) is 1. The fourth-order valence-corrected chi connectivity index (χ4v) is 5.01. The van der Waals surface area contributed by atoms with E-state index in [1.165, 1.54) is 19.0 Å². The Labute approximate surface area is 241 Å². The normalized spacial score (nSPS) is 19.0. The first-order chi connectivity index (χ1) is 19.6. The lowest BCUT2D eigenvalue weighted by Gasteiger charge is -2.29. The summed E-state index contributed by atoms with van der Waals surface area (Å²) in [5, 5.41) is 16.8. The molecule has 226 valence electrons. The van der Waals surface area contributed by atoms with Crippen LogP contribution in [0, 0.1) is 11.7 Å². The average molecular weight is 573 g/mol. The van der Waals surface area contributed by atoms with E-state index < -0.39 is 11.9 Å². The van der Waals surface area contributed by atoms with Gasteiger partial charge in [-0.05, 0) is 84.5 Å². The quantitative estimate of drug-likeness (QED) is 0.267. The van der Waals surface area contributed by atoms with Crippen molar-refractivity contribution in [3.8, 4) is 11.3 Å². The number of unbranched alkanes of at least 4 members (excludes halogenated alkanes) is 1. The number of anilines is 1. The molecule has 0 atom stereocenters. The molecule has 2 fully saturated rings. The summed E-state index contributed by atoms with van der Waals surface area (Å²) in [6.45, 7) is 6.82. The SMILES string of the molecule is Cn1ncc(-c2nc(NC3CCC(NCC(=O)NCCCCOC(=O)NC(C)(C)C)CC3)ncc2F)c1CC1CC1. The molecule has 0 unspecified atom stereocenters. The van der Waals surface area contributed by atoms with Gasteiger partial charge in [0.15, 0.2) is 5.82 Å². The van der Waals surface area contributed by atoms with Gasteiger partial charge in [0.2, 0.25) is 11.9 Å². The third-order valence-corrected chi connectivity index (χ3v) is 7.45. The second kappa shape index (κ2) is 14.1. The number of halogens is 1. The summed E-state index contributed by atoms with van der Waals surface area (Å²) in [7, 11) is 1.89. The van der Waals surface area contributed by atoms with E-state index in [4.69, 9.17) is 4.74 Å². The van der Waals surface area contributed by atoms with Crippen LogP contribution in [-0.4, -0.2) is 69.1 Å². The first-order valence-electron chi connectivity index (χ1n) is 14.8. The summed E-state index contributed by atoms with van der Waals surface area (Å²) in [6, 6.07) is 0.450. The molecule has 2 aliphatic carbocycles. The molecular formula is C29H45FN8O3. The zero-order chi connectivity index (χ0) is 29.4. The van der Waals surface area contributed by atoms with Crippen molar-refractivity contribution >= 4 is 17.9 Å². The molecule has 12 heteroatoms. The maximum Gasteiger partial charge on any atom is 0.407 e. The van der Waals surface area contributed by atoms with Gasteiger partial charge in [-0.1, -0.05) is 0 Å². The lowest BCUT2D eigenvalue weighted by molar-refractivity contribution is -0.120. The zero-order valence-electron chi connectivity index (χ0n) is 24.8. The second-order valence-electron chi connectivity index (χ2n) is 12.3. The molecule has 41 heavy (non-hydrogen) atoms. The van der Waals surface area contributed by atoms with Crippen molar-refractivity contribution in [1.29, 1.82) is 0 Å². The summed E-state index contributed by atoms with van der Waals surface area (Å²) in [5.74, 6) is 0.600. The van der Waals surface area contributed by atoms with E-state index in [1.807, 2.05) is 32.5 Å². The first kappa shape index (κ1) is 30.7. The number of aryl methyl sites for hydroxylation is 1. The summed E-state index contributed by atoms with van der Waals surface area (Å²) < 4.78 is 21.7. The first-order valence-corrected chi connectivity index (χ1v) is 14.8. The Balaban J connectivity index is 1.12. The number of hydrogen-bond donors (Lipinski definition) is 4. The fourth-order valence-electron chi connectivity index (χ4n) is 5.01. The van der Waals surface area contributed by atoms with Crippen LogP contribution >= 0.6 is 0 Å². The molecule has 4 N–H and O–H groups in total. The van der Waals surface area contributed by atoms with E-state index in [1.54, 1.807) is 6.20 Å². The van der Waals surface area contributed by atoms with Crippen LogP contribution in [0.4, 0.5) is 15.1 Å². The van der Waals surface area contributed by atoms with Gasteiger partial charge in [-0.15, -0.1) is 0 Å². The maximum atomic E-state index is 14.7. The van der Waals surface area contributed by atoms with Crippen molar-refractivity contribution < 1.29 is 18.7 Å². The average Bonchev–Trinajstić information content (AvgIpc) is 3.67. The van der Waals surface area contributed by atoms with Crippen LogP contribution in [0.1, 0.15) is 77.8 Å². The molecular weight excluding hydrogens is 527 g/mol. The van der Waals surface area contributed by atoms with Gasteiger partial charge < -0.3 is 26.0 Å². The minimum Gasteiger partial charge on any atom is -0.450 e. The van der Waals surface area contributed by atoms with Gasteiger partial charge in [0.1, 0.15) is 5.69 Å². The predicted octanol–water partition coefficient (Wildman–Crippen LogP) is 3.70. The van der Waals surface area contributed by atoms with Crippen LogP contribution in [-0.2, 0) is 23.0 Å². The van der Waals surface area contributed by atoms with E-state index in [-0.39, 0.29) is 30.1 Å². The Bertz CT molecular complexity index is 1170. The minimum absolute atomic E-state index is 0.0414. The van der Waals surface area contributed by atoms with E-state index in [0.717, 1.165) is 49.8 Å². The highest BCUT2D eigenvalue weighted by Crippen LogP contribution is 2.36. The predicted molar refractivity (Wildman–Crippen MR) is 155 cm³/mol. The fraction of sp³-hybridized carbons (Fsp3) is 0.690. The van der Waals surface area contributed by atoms with Crippen molar-refractivity contribution in [2.45, 2.75) is 96.2 Å². The minimum atomic E-state index is -0.441. The van der Waals surface area contributed by atoms with Crippen LogP contribution in [0.2, 0.25) is 0 Å². The molecule has 0 bridgehead atoms. The van der Waals surface area contributed by atoms with Crippen molar-refractivity contribution in [3.05, 3.63) is 23.9 Å². The molecule has 2 aromatic rings. The van der Waals surface area contributed by atoms with Crippen LogP contribution in [0.25, 0.3) is 11.3 Å². The molecule has 2 amide bonds. The van der Waals surface area contributed by atoms with Crippen molar-refractivity contribution in [3.63, 3.8) is 0 Å². The highest BCUT2D eigenvalue weighted by atomic mass is 19.1. The number of ether oxygens (including phenoxy) is 1. The van der Waals surface area contributed by atoms with E-state index in [2.05, 4.69) is 36.3 Å². The largest absolute Gasteiger partial charge is 0.450 e. The van der Waals surface area contributed by atoms with Crippen LogP contribution in [0.3, 0.4) is 0 Å². The Morgan fingerprint density at radius 1 is 1.07 bits per heavy atom. The van der Waals surface area contributed by atoms with Crippen molar-refractivity contribution in [2.75, 3.05) is 25.0 Å². The third kappa shape index (κ3) is 9.94. The van der Waals surface area contributed by atoms with Crippen LogP contribution < -0.4 is 21.3 Å². The summed E-state index contributed by atoms with van der Waals surface area (Å²) in [6.07, 6.45) is 10.9. The zero-order valence-corrected chi connectivity index (χ0v) is 24.8. The van der Waals surface area contributed by atoms with Crippen molar-refractivity contribution in [1.82, 2.24) is 35.7 Å². The highest BCUT2D eigenvalue weighted by Gasteiger charge is 2.27. The molecule has 2 aromatic heterocycles. The van der Waals surface area contributed by atoms with E-state index >= 15 is 0 Å². The Morgan fingerprint density at radius 2 is 1.80 bits per heavy atom. The van der Waals surface area contributed by atoms with E-state index in [0.29, 0.717) is 37.1 Å². The van der Waals surface area contributed by atoms with Gasteiger partial charge in [-0.3, -0.25) is 9.48 Å². The Hall–Kier alpha value is -3.28. The molecule has 2 aliphatic rings. The molecule has 11 nitrogen and oxygen atoms in total. The van der Waals surface area contributed by atoms with Gasteiger partial charge in [-0.2, -0.15) is 5.10 Å². The van der Waals surface area contributed by atoms with Gasteiger partial charge in [0.05, 0.1) is 25.5 Å². The van der Waals surface area contributed by atoms with Crippen LogP contribution in [0.15, 0.2) is 12.4 Å². The van der Waals surface area contributed by atoms with Gasteiger partial charge >= 0.3 is 6.09 Å². The lowest BCUT2D eigenvalue weighted by Crippen LogP contribution is -2.42. The van der Waals surface area contributed by atoms with Crippen LogP contribution in [0.5, 0.6) is 0 Å². The molecule has 2 heterocycles. The highest BCUT2D eigenvalue weighted by molar-refractivity contribution is 5.78. The number of carbonyl (C=O) groups is 2. The summed E-state index contributed by atoms with van der Waals surface area (Å²) in [4.78, 5) is 32.6. The third-order valence-electron chi connectivity index (χ3n) is 7.45. The molecule has 0 saturated heterocycles. The number of aromatic nitrogens is 4. The number of carbonyl (C=O) groups excluding carboxylic acids is 2. The monoisotopic (exact) mass is 572 g/mol. The Morgan fingerprint density at radius 3 is 2.51 bits per heavy atom. The number of nitrogens with one attached hydrogen (secondary N) is 4. The van der Waals surface area contributed by atoms with Gasteiger partial charge in [0, 0.05) is 42.5 Å². The second-order valence-corrected chi connectivity index (χ2v) is 12.3. The molecule has 2 saturated carbocycles. The molecule has 0 aromatic carbocycles. The number of nitrogens with zero attached hydrogens (tertiary/aromatic N) is 4. The molecule has 0 aliphatic heterocycles. The smallest absolute Gasteiger partial charge is 0.407 e. The van der Waals surface area contributed by atoms with E-state index in [9.17, 15) is 14.0 Å². The standard InChI is InChI=1S/C29H45FN8O3/c1-29(2,3)37-28(40)41-14-6-5-13-31-25(39)18-32-20-9-11-21(12-10-20)35-27-33-17-23(30)26(36-27)22-16-34-38(4)24(22)15-19-7-8-19/h16-17,19-21,32H,5-15,18H2,1-4H3,(H,31,39)(H,37,40)(H,33,35,36). The Kier molecular flexibility index (Phi) is 10.5. The molecule has 4 rings (SSSR count). The number of rotatable bonds is 13. The van der Waals surface area contributed by atoms with Gasteiger partial charge in [-0.25, -0.2) is 19.2 Å².